The number of anilines is 1. The van der Waals surface area contributed by atoms with E-state index < -0.39 is 0 Å². The van der Waals surface area contributed by atoms with Crippen LogP contribution in [0.5, 0.6) is 0 Å². The number of piperazine rings is 1. The van der Waals surface area contributed by atoms with Crippen LogP contribution in [0.15, 0.2) is 18.3 Å². The summed E-state index contributed by atoms with van der Waals surface area (Å²) in [4.78, 5) is 9.64. The lowest BCUT2D eigenvalue weighted by Crippen LogP contribution is -2.47. The van der Waals surface area contributed by atoms with Crippen LogP contribution in [0.4, 0.5) is 5.82 Å². The first kappa shape index (κ1) is 14.8. The van der Waals surface area contributed by atoms with Gasteiger partial charge in [-0.2, -0.15) is 0 Å². The van der Waals surface area contributed by atoms with Crippen LogP contribution in [0.1, 0.15) is 39.2 Å². The number of aromatic nitrogens is 1. The lowest BCUT2D eigenvalue weighted by atomic mass is 10.1. The largest absolute Gasteiger partial charge is 0.354 e. The Morgan fingerprint density at radius 3 is 2.52 bits per heavy atom. The smallest absolute Gasteiger partial charge is 0.128 e. The molecule has 1 N–H and O–H groups in total. The molecule has 2 aliphatic rings. The lowest BCUT2D eigenvalue weighted by molar-refractivity contribution is 0.247. The zero-order chi connectivity index (χ0) is 14.9. The summed E-state index contributed by atoms with van der Waals surface area (Å²) in [5, 5.41) is 3.54. The Bertz CT molecular complexity index is 468. The number of pyridine rings is 1. The van der Waals surface area contributed by atoms with E-state index in [1.807, 2.05) is 6.20 Å². The molecule has 1 aromatic heterocycles. The molecule has 2 fully saturated rings. The van der Waals surface area contributed by atoms with E-state index in [0.717, 1.165) is 31.5 Å². The van der Waals surface area contributed by atoms with Crippen molar-refractivity contribution in [2.45, 2.75) is 51.7 Å². The third kappa shape index (κ3) is 4.17. The molecule has 4 heteroatoms. The maximum absolute atomic E-state index is 4.57. The first-order chi connectivity index (χ1) is 10.0. The molecule has 0 amide bonds. The van der Waals surface area contributed by atoms with Gasteiger partial charge in [0.05, 0.1) is 0 Å². The molecule has 0 aromatic carbocycles. The van der Waals surface area contributed by atoms with Gasteiger partial charge in [0.1, 0.15) is 5.82 Å². The third-order valence-electron chi connectivity index (χ3n) is 4.33. The summed E-state index contributed by atoms with van der Waals surface area (Å²) in [6.07, 6.45) is 4.76. The topological polar surface area (TPSA) is 31.4 Å². The van der Waals surface area contributed by atoms with Crippen molar-refractivity contribution in [2.75, 3.05) is 31.1 Å². The minimum atomic E-state index is 0.152. The Morgan fingerprint density at radius 1 is 1.19 bits per heavy atom. The second-order valence-corrected chi connectivity index (χ2v) is 7.38. The van der Waals surface area contributed by atoms with Crippen LogP contribution in [-0.4, -0.2) is 47.6 Å². The van der Waals surface area contributed by atoms with Gasteiger partial charge in [0, 0.05) is 50.5 Å². The van der Waals surface area contributed by atoms with Crippen molar-refractivity contribution in [3.05, 3.63) is 23.9 Å². The highest BCUT2D eigenvalue weighted by Gasteiger charge is 2.31. The van der Waals surface area contributed by atoms with Gasteiger partial charge in [-0.25, -0.2) is 4.98 Å². The standard InChI is InChI=1S/C17H28N4/c1-17(2,3)19-13-14-6-7-18-16(12-14)21-10-8-20(9-11-21)15-4-5-15/h6-7,12,15,19H,4-5,8-11,13H2,1-3H3. The Kier molecular flexibility index (Phi) is 4.18. The lowest BCUT2D eigenvalue weighted by Gasteiger charge is -2.35. The molecule has 0 radical (unpaired) electrons. The van der Waals surface area contributed by atoms with Crippen LogP contribution in [0, 0.1) is 0 Å². The van der Waals surface area contributed by atoms with E-state index in [1.165, 1.54) is 31.5 Å². The molecule has 21 heavy (non-hydrogen) atoms. The zero-order valence-corrected chi connectivity index (χ0v) is 13.6. The molecule has 0 bridgehead atoms. The summed E-state index contributed by atoms with van der Waals surface area (Å²) in [7, 11) is 0. The van der Waals surface area contributed by atoms with E-state index in [-0.39, 0.29) is 5.54 Å². The quantitative estimate of drug-likeness (QED) is 0.921. The number of rotatable bonds is 4. The van der Waals surface area contributed by atoms with Gasteiger partial charge >= 0.3 is 0 Å². The molecule has 1 aromatic rings. The summed E-state index contributed by atoms with van der Waals surface area (Å²) in [6.45, 7) is 12.1. The van der Waals surface area contributed by atoms with Crippen LogP contribution in [0.2, 0.25) is 0 Å². The van der Waals surface area contributed by atoms with Crippen molar-refractivity contribution in [1.29, 1.82) is 0 Å². The summed E-state index contributed by atoms with van der Waals surface area (Å²) < 4.78 is 0. The highest BCUT2D eigenvalue weighted by atomic mass is 15.3. The average molecular weight is 288 g/mol. The first-order valence-electron chi connectivity index (χ1n) is 8.20. The maximum Gasteiger partial charge on any atom is 0.128 e. The minimum absolute atomic E-state index is 0.152. The molecule has 4 nitrogen and oxygen atoms in total. The summed E-state index contributed by atoms with van der Waals surface area (Å²) in [5.74, 6) is 1.14. The Hall–Kier alpha value is -1.13. The Morgan fingerprint density at radius 2 is 1.90 bits per heavy atom. The molecule has 3 rings (SSSR count). The summed E-state index contributed by atoms with van der Waals surface area (Å²) in [5.41, 5.74) is 1.47. The number of nitrogens with one attached hydrogen (secondary N) is 1. The molecular weight excluding hydrogens is 260 g/mol. The maximum atomic E-state index is 4.57. The fourth-order valence-corrected chi connectivity index (χ4v) is 2.87. The van der Waals surface area contributed by atoms with Gasteiger partial charge in [0.15, 0.2) is 0 Å². The summed E-state index contributed by atoms with van der Waals surface area (Å²) in [6, 6.07) is 5.25. The second-order valence-electron chi connectivity index (χ2n) is 7.38. The highest BCUT2D eigenvalue weighted by Crippen LogP contribution is 2.28. The van der Waals surface area contributed by atoms with Crippen LogP contribution in [-0.2, 0) is 6.54 Å². The predicted octanol–water partition coefficient (Wildman–Crippen LogP) is 2.25. The second kappa shape index (κ2) is 5.93. The van der Waals surface area contributed by atoms with E-state index in [1.54, 1.807) is 0 Å². The van der Waals surface area contributed by atoms with Gasteiger partial charge < -0.3 is 10.2 Å². The van der Waals surface area contributed by atoms with Crippen molar-refractivity contribution in [2.24, 2.45) is 0 Å². The van der Waals surface area contributed by atoms with Gasteiger partial charge in [-0.1, -0.05) is 0 Å². The molecule has 2 heterocycles. The van der Waals surface area contributed by atoms with Crippen molar-refractivity contribution >= 4 is 5.82 Å². The molecule has 1 aliphatic heterocycles. The molecule has 116 valence electrons. The van der Waals surface area contributed by atoms with Crippen LogP contribution >= 0.6 is 0 Å². The van der Waals surface area contributed by atoms with Gasteiger partial charge in [0.25, 0.3) is 0 Å². The Labute approximate surface area is 128 Å². The predicted molar refractivity (Wildman–Crippen MR) is 87.6 cm³/mol. The molecule has 1 saturated carbocycles. The Balaban J connectivity index is 1.58. The number of hydrogen-bond acceptors (Lipinski definition) is 4. The average Bonchev–Trinajstić information content (AvgIpc) is 3.30. The molecule has 0 atom stereocenters. The van der Waals surface area contributed by atoms with Gasteiger partial charge in [-0.15, -0.1) is 0 Å². The normalized spacial score (nSPS) is 20.8. The SMILES string of the molecule is CC(C)(C)NCc1ccnc(N2CCN(C3CC3)CC2)c1. The van der Waals surface area contributed by atoms with Crippen LogP contribution in [0.3, 0.4) is 0 Å². The minimum Gasteiger partial charge on any atom is -0.354 e. The van der Waals surface area contributed by atoms with Gasteiger partial charge in [-0.3, -0.25) is 4.90 Å². The van der Waals surface area contributed by atoms with Crippen LogP contribution < -0.4 is 10.2 Å². The molecule has 1 saturated heterocycles. The molecule has 0 unspecified atom stereocenters. The fourth-order valence-electron chi connectivity index (χ4n) is 2.87. The zero-order valence-electron chi connectivity index (χ0n) is 13.6. The van der Waals surface area contributed by atoms with Gasteiger partial charge in [-0.05, 0) is 51.3 Å². The molecule has 0 spiro atoms. The highest BCUT2D eigenvalue weighted by molar-refractivity contribution is 5.41. The van der Waals surface area contributed by atoms with E-state index in [0.29, 0.717) is 0 Å². The van der Waals surface area contributed by atoms with Crippen LogP contribution in [0.25, 0.3) is 0 Å². The van der Waals surface area contributed by atoms with E-state index in [4.69, 9.17) is 0 Å². The number of nitrogens with zero attached hydrogens (tertiary/aromatic N) is 3. The van der Waals surface area contributed by atoms with Crippen molar-refractivity contribution in [1.82, 2.24) is 15.2 Å². The third-order valence-corrected chi connectivity index (χ3v) is 4.33. The number of hydrogen-bond donors (Lipinski definition) is 1. The summed E-state index contributed by atoms with van der Waals surface area (Å²) >= 11 is 0. The molecular formula is C17H28N4. The van der Waals surface area contributed by atoms with E-state index in [2.05, 4.69) is 53.0 Å². The van der Waals surface area contributed by atoms with Crippen molar-refractivity contribution < 1.29 is 0 Å². The van der Waals surface area contributed by atoms with Gasteiger partial charge in [0.2, 0.25) is 0 Å². The van der Waals surface area contributed by atoms with E-state index in [9.17, 15) is 0 Å². The first-order valence-corrected chi connectivity index (χ1v) is 8.20. The monoisotopic (exact) mass is 288 g/mol. The van der Waals surface area contributed by atoms with E-state index >= 15 is 0 Å². The molecule has 1 aliphatic carbocycles. The van der Waals surface area contributed by atoms with Crippen molar-refractivity contribution in [3.8, 4) is 0 Å². The fraction of sp³-hybridized carbons (Fsp3) is 0.706. The van der Waals surface area contributed by atoms with Crippen molar-refractivity contribution in [3.63, 3.8) is 0 Å².